The van der Waals surface area contributed by atoms with E-state index in [0.29, 0.717) is 12.1 Å². The van der Waals surface area contributed by atoms with Crippen molar-refractivity contribution in [3.63, 3.8) is 0 Å². The molecule has 1 N–H and O–H groups in total. The number of rotatable bonds is 2. The Morgan fingerprint density at radius 1 is 1.31 bits per heavy atom. The van der Waals surface area contributed by atoms with Crippen molar-refractivity contribution in [1.82, 2.24) is 5.32 Å². The quantitative estimate of drug-likeness (QED) is 0.897. The standard InChI is InChI=1S/C13H19BrN2/c1-10-9-12(15-2)7-8-16(10)13-5-3-11(14)4-6-13/h3-6,10,12,15H,7-9H2,1-2H3. The van der Waals surface area contributed by atoms with Gasteiger partial charge in [0.1, 0.15) is 0 Å². The van der Waals surface area contributed by atoms with E-state index in [1.54, 1.807) is 0 Å². The van der Waals surface area contributed by atoms with Gasteiger partial charge in [-0.3, -0.25) is 0 Å². The van der Waals surface area contributed by atoms with Crippen molar-refractivity contribution in [2.45, 2.75) is 31.8 Å². The Kier molecular flexibility index (Phi) is 3.87. The number of benzene rings is 1. The zero-order chi connectivity index (χ0) is 11.5. The number of nitrogens with zero attached hydrogens (tertiary/aromatic N) is 1. The molecule has 1 fully saturated rings. The number of hydrogen-bond donors (Lipinski definition) is 1. The van der Waals surface area contributed by atoms with E-state index < -0.39 is 0 Å². The molecule has 2 unspecified atom stereocenters. The van der Waals surface area contributed by atoms with Crippen LogP contribution in [0.2, 0.25) is 0 Å². The van der Waals surface area contributed by atoms with E-state index >= 15 is 0 Å². The molecule has 1 aromatic carbocycles. The van der Waals surface area contributed by atoms with E-state index in [1.165, 1.54) is 18.5 Å². The van der Waals surface area contributed by atoms with Crippen LogP contribution in [0.4, 0.5) is 5.69 Å². The highest BCUT2D eigenvalue weighted by Crippen LogP contribution is 2.25. The van der Waals surface area contributed by atoms with Gasteiger partial charge in [-0.2, -0.15) is 0 Å². The summed E-state index contributed by atoms with van der Waals surface area (Å²) in [6, 6.07) is 9.92. The molecular weight excluding hydrogens is 264 g/mol. The van der Waals surface area contributed by atoms with Crippen LogP contribution in [0.25, 0.3) is 0 Å². The number of anilines is 1. The summed E-state index contributed by atoms with van der Waals surface area (Å²) < 4.78 is 1.15. The molecule has 1 aliphatic rings. The first-order chi connectivity index (χ1) is 7.70. The molecule has 16 heavy (non-hydrogen) atoms. The second kappa shape index (κ2) is 5.19. The summed E-state index contributed by atoms with van der Waals surface area (Å²) in [6.07, 6.45) is 2.46. The first kappa shape index (κ1) is 11.9. The van der Waals surface area contributed by atoms with E-state index in [2.05, 4.69) is 64.4 Å². The highest BCUT2D eigenvalue weighted by Gasteiger charge is 2.24. The van der Waals surface area contributed by atoms with E-state index in [-0.39, 0.29) is 0 Å². The summed E-state index contributed by atoms with van der Waals surface area (Å²) in [5.41, 5.74) is 1.34. The third-order valence-electron chi connectivity index (χ3n) is 3.44. The highest BCUT2D eigenvalue weighted by atomic mass is 79.9. The van der Waals surface area contributed by atoms with Gasteiger partial charge in [0.05, 0.1) is 0 Å². The van der Waals surface area contributed by atoms with Gasteiger partial charge < -0.3 is 10.2 Å². The van der Waals surface area contributed by atoms with Crippen molar-refractivity contribution in [3.05, 3.63) is 28.7 Å². The minimum atomic E-state index is 0.618. The molecule has 1 aliphatic heterocycles. The highest BCUT2D eigenvalue weighted by molar-refractivity contribution is 9.10. The molecule has 0 saturated carbocycles. The average Bonchev–Trinajstić information content (AvgIpc) is 2.30. The van der Waals surface area contributed by atoms with Crippen LogP contribution in [0.15, 0.2) is 28.7 Å². The van der Waals surface area contributed by atoms with Gasteiger partial charge in [-0.15, -0.1) is 0 Å². The summed E-state index contributed by atoms with van der Waals surface area (Å²) in [4.78, 5) is 2.50. The first-order valence-corrected chi connectivity index (χ1v) is 6.69. The van der Waals surface area contributed by atoms with Crippen LogP contribution in [-0.2, 0) is 0 Å². The molecule has 1 saturated heterocycles. The lowest BCUT2D eigenvalue weighted by Gasteiger charge is -2.39. The Hall–Kier alpha value is -0.540. The van der Waals surface area contributed by atoms with Crippen molar-refractivity contribution in [2.24, 2.45) is 0 Å². The van der Waals surface area contributed by atoms with Crippen LogP contribution in [-0.4, -0.2) is 25.7 Å². The SMILES string of the molecule is CNC1CCN(c2ccc(Br)cc2)C(C)C1. The van der Waals surface area contributed by atoms with Gasteiger partial charge in [0.25, 0.3) is 0 Å². The smallest absolute Gasteiger partial charge is 0.0369 e. The third-order valence-corrected chi connectivity index (χ3v) is 3.97. The normalized spacial score (nSPS) is 25.8. The maximum atomic E-state index is 3.48. The second-order valence-corrected chi connectivity index (χ2v) is 5.44. The number of halogens is 1. The maximum absolute atomic E-state index is 3.48. The van der Waals surface area contributed by atoms with Gasteiger partial charge in [0.15, 0.2) is 0 Å². The fraction of sp³-hybridized carbons (Fsp3) is 0.538. The third kappa shape index (κ3) is 2.58. The lowest BCUT2D eigenvalue weighted by atomic mass is 9.98. The number of hydrogen-bond acceptors (Lipinski definition) is 2. The number of nitrogens with one attached hydrogen (secondary N) is 1. The lowest BCUT2D eigenvalue weighted by Crippen LogP contribution is -2.46. The van der Waals surface area contributed by atoms with Crippen molar-refractivity contribution < 1.29 is 0 Å². The molecular formula is C13H19BrN2. The van der Waals surface area contributed by atoms with E-state index in [1.807, 2.05) is 0 Å². The zero-order valence-corrected chi connectivity index (χ0v) is 11.5. The van der Waals surface area contributed by atoms with Crippen LogP contribution in [0, 0.1) is 0 Å². The topological polar surface area (TPSA) is 15.3 Å². The fourth-order valence-corrected chi connectivity index (χ4v) is 2.71. The Morgan fingerprint density at radius 3 is 2.56 bits per heavy atom. The first-order valence-electron chi connectivity index (χ1n) is 5.90. The molecule has 2 atom stereocenters. The Labute approximate surface area is 106 Å². The molecule has 2 rings (SSSR count). The van der Waals surface area contributed by atoms with Gasteiger partial charge in [0.2, 0.25) is 0 Å². The van der Waals surface area contributed by atoms with Crippen LogP contribution in [0.3, 0.4) is 0 Å². The molecule has 2 nitrogen and oxygen atoms in total. The van der Waals surface area contributed by atoms with Gasteiger partial charge in [-0.25, -0.2) is 0 Å². The lowest BCUT2D eigenvalue weighted by molar-refractivity contribution is 0.387. The Morgan fingerprint density at radius 2 is 2.00 bits per heavy atom. The largest absolute Gasteiger partial charge is 0.369 e. The summed E-state index contributed by atoms with van der Waals surface area (Å²) in [5.74, 6) is 0. The van der Waals surface area contributed by atoms with Gasteiger partial charge in [-0.05, 0) is 51.1 Å². The molecule has 1 heterocycles. The fourth-order valence-electron chi connectivity index (χ4n) is 2.45. The van der Waals surface area contributed by atoms with Crippen molar-refractivity contribution in [2.75, 3.05) is 18.5 Å². The molecule has 0 spiro atoms. The molecule has 1 aromatic rings. The summed E-state index contributed by atoms with van der Waals surface area (Å²) >= 11 is 3.48. The van der Waals surface area contributed by atoms with Gasteiger partial charge >= 0.3 is 0 Å². The van der Waals surface area contributed by atoms with E-state index in [9.17, 15) is 0 Å². The van der Waals surface area contributed by atoms with Gasteiger partial charge in [0, 0.05) is 28.8 Å². The summed E-state index contributed by atoms with van der Waals surface area (Å²) in [6.45, 7) is 3.46. The minimum absolute atomic E-state index is 0.618. The Balaban J connectivity index is 2.08. The molecule has 0 radical (unpaired) electrons. The molecule has 0 amide bonds. The second-order valence-electron chi connectivity index (χ2n) is 4.53. The van der Waals surface area contributed by atoms with Crippen LogP contribution in [0.5, 0.6) is 0 Å². The predicted molar refractivity (Wildman–Crippen MR) is 73.0 cm³/mol. The van der Waals surface area contributed by atoms with Crippen molar-refractivity contribution in [3.8, 4) is 0 Å². The summed E-state index contributed by atoms with van der Waals surface area (Å²) in [7, 11) is 2.06. The maximum Gasteiger partial charge on any atom is 0.0369 e. The zero-order valence-electron chi connectivity index (χ0n) is 9.91. The monoisotopic (exact) mass is 282 g/mol. The van der Waals surface area contributed by atoms with Crippen LogP contribution < -0.4 is 10.2 Å². The summed E-state index contributed by atoms with van der Waals surface area (Å²) in [5, 5.41) is 3.38. The molecule has 0 aromatic heterocycles. The van der Waals surface area contributed by atoms with Crippen LogP contribution in [0.1, 0.15) is 19.8 Å². The van der Waals surface area contributed by atoms with Gasteiger partial charge in [-0.1, -0.05) is 15.9 Å². The van der Waals surface area contributed by atoms with Crippen LogP contribution >= 0.6 is 15.9 Å². The van der Waals surface area contributed by atoms with Crippen molar-refractivity contribution >= 4 is 21.6 Å². The van der Waals surface area contributed by atoms with E-state index in [0.717, 1.165) is 11.0 Å². The molecule has 88 valence electrons. The average molecular weight is 283 g/mol. The van der Waals surface area contributed by atoms with Crippen molar-refractivity contribution in [1.29, 1.82) is 0 Å². The minimum Gasteiger partial charge on any atom is -0.369 e. The molecule has 0 bridgehead atoms. The predicted octanol–water partition coefficient (Wildman–Crippen LogP) is 3.03. The molecule has 3 heteroatoms. The Bertz CT molecular complexity index is 336. The number of piperidine rings is 1. The molecule has 0 aliphatic carbocycles. The van der Waals surface area contributed by atoms with E-state index in [4.69, 9.17) is 0 Å².